The van der Waals surface area contributed by atoms with Crippen LogP contribution in [0.1, 0.15) is 15.9 Å². The molecule has 0 saturated heterocycles. The van der Waals surface area contributed by atoms with E-state index in [0.717, 1.165) is 6.21 Å². The molecule has 124 valence electrons. The lowest BCUT2D eigenvalue weighted by molar-refractivity contribution is -0.135. The van der Waals surface area contributed by atoms with Crippen molar-refractivity contribution in [3.63, 3.8) is 0 Å². The Labute approximate surface area is 135 Å². The van der Waals surface area contributed by atoms with Gasteiger partial charge in [0, 0.05) is 11.9 Å². The van der Waals surface area contributed by atoms with Gasteiger partial charge in [-0.1, -0.05) is 18.2 Å². The SMILES string of the molecule is N=Cc1c(Nc2ccccc2)[nH]c(=O)c(C(=O)NCC(=O)O)c1O. The number of nitrogens with one attached hydrogen (secondary N) is 4. The van der Waals surface area contributed by atoms with Crippen LogP contribution in [0.2, 0.25) is 0 Å². The summed E-state index contributed by atoms with van der Waals surface area (Å²) >= 11 is 0. The number of carboxylic acid groups (broad SMARTS) is 1. The van der Waals surface area contributed by atoms with E-state index in [-0.39, 0.29) is 11.4 Å². The standard InChI is InChI=1S/C15H14N4O5/c16-6-9-12(22)11(14(23)17-7-10(20)21)15(24)19-13(9)18-8-4-2-1-3-5-8/h1-6,16H,7H2,(H,17,23)(H,20,21)(H3,18,19,22,24). The van der Waals surface area contributed by atoms with Crippen LogP contribution < -0.4 is 16.2 Å². The maximum absolute atomic E-state index is 12.1. The van der Waals surface area contributed by atoms with Crippen molar-refractivity contribution in [1.82, 2.24) is 10.3 Å². The van der Waals surface area contributed by atoms with Crippen LogP contribution in [0.5, 0.6) is 5.75 Å². The zero-order chi connectivity index (χ0) is 17.7. The Balaban J connectivity index is 2.43. The van der Waals surface area contributed by atoms with E-state index in [0.29, 0.717) is 5.69 Å². The average molecular weight is 330 g/mol. The molecule has 1 aromatic heterocycles. The lowest BCUT2D eigenvalue weighted by Crippen LogP contribution is -2.34. The summed E-state index contributed by atoms with van der Waals surface area (Å²) in [5.74, 6) is -3.03. The van der Waals surface area contributed by atoms with Gasteiger partial charge in [0.05, 0.1) is 5.56 Å². The summed E-state index contributed by atoms with van der Waals surface area (Å²) in [6.45, 7) is -0.707. The number of hydrogen-bond donors (Lipinski definition) is 6. The number of H-pyrrole nitrogens is 1. The largest absolute Gasteiger partial charge is 0.506 e. The Hall–Kier alpha value is -3.62. The minimum absolute atomic E-state index is 0.0356. The van der Waals surface area contributed by atoms with Crippen molar-refractivity contribution >= 4 is 29.6 Å². The second kappa shape index (κ2) is 7.09. The van der Waals surface area contributed by atoms with Crippen LogP contribution in [-0.2, 0) is 4.79 Å². The van der Waals surface area contributed by atoms with Gasteiger partial charge in [-0.15, -0.1) is 0 Å². The molecule has 6 N–H and O–H groups in total. The number of aliphatic carboxylic acids is 1. The maximum Gasteiger partial charge on any atom is 0.322 e. The third kappa shape index (κ3) is 3.58. The van der Waals surface area contributed by atoms with Gasteiger partial charge in [0.2, 0.25) is 0 Å². The normalized spacial score (nSPS) is 10.0. The number of aromatic nitrogens is 1. The predicted octanol–water partition coefficient (Wildman–Crippen LogP) is 0.636. The van der Waals surface area contributed by atoms with Gasteiger partial charge in [-0.05, 0) is 12.1 Å². The van der Waals surface area contributed by atoms with E-state index in [2.05, 4.69) is 10.3 Å². The summed E-state index contributed by atoms with van der Waals surface area (Å²) in [6, 6.07) is 8.70. The number of benzene rings is 1. The fourth-order valence-corrected chi connectivity index (χ4v) is 1.96. The first-order chi connectivity index (χ1) is 11.4. The van der Waals surface area contributed by atoms with Gasteiger partial charge in [-0.25, -0.2) is 0 Å². The van der Waals surface area contributed by atoms with Crippen molar-refractivity contribution in [2.45, 2.75) is 0 Å². The van der Waals surface area contributed by atoms with Crippen molar-refractivity contribution in [3.8, 4) is 5.75 Å². The number of hydrogen-bond acceptors (Lipinski definition) is 6. The monoisotopic (exact) mass is 330 g/mol. The zero-order valence-corrected chi connectivity index (χ0v) is 12.3. The number of pyridine rings is 1. The number of carbonyl (C=O) groups excluding carboxylic acids is 1. The Morgan fingerprint density at radius 2 is 1.92 bits per heavy atom. The molecule has 0 aliphatic carbocycles. The van der Waals surface area contributed by atoms with Crippen LogP contribution in [0.4, 0.5) is 11.5 Å². The molecule has 0 aliphatic rings. The molecule has 0 fully saturated rings. The van der Waals surface area contributed by atoms with Crippen molar-refractivity contribution in [2.75, 3.05) is 11.9 Å². The highest BCUT2D eigenvalue weighted by molar-refractivity contribution is 6.02. The molecule has 0 aliphatic heterocycles. The highest BCUT2D eigenvalue weighted by atomic mass is 16.4. The molecule has 0 bridgehead atoms. The Bertz CT molecular complexity index is 845. The second-order valence-electron chi connectivity index (χ2n) is 4.68. The third-order valence-electron chi connectivity index (χ3n) is 3.04. The van der Waals surface area contributed by atoms with Crippen LogP contribution >= 0.6 is 0 Å². The van der Waals surface area contributed by atoms with Crippen molar-refractivity contribution in [3.05, 3.63) is 51.8 Å². The minimum Gasteiger partial charge on any atom is -0.506 e. The lowest BCUT2D eigenvalue weighted by Gasteiger charge is -2.13. The number of rotatable bonds is 6. The van der Waals surface area contributed by atoms with Gasteiger partial charge < -0.3 is 31.2 Å². The molecule has 9 heteroatoms. The number of amides is 1. The lowest BCUT2D eigenvalue weighted by atomic mass is 10.1. The Morgan fingerprint density at radius 1 is 1.25 bits per heavy atom. The number of carbonyl (C=O) groups is 2. The number of carboxylic acids is 1. The number of para-hydroxylation sites is 1. The first-order valence-corrected chi connectivity index (χ1v) is 6.75. The maximum atomic E-state index is 12.1. The molecule has 0 radical (unpaired) electrons. The molecule has 1 heterocycles. The summed E-state index contributed by atoms with van der Waals surface area (Å²) in [5.41, 5.74) is -1.09. The summed E-state index contributed by atoms with van der Waals surface area (Å²) in [7, 11) is 0. The Kier molecular flexibility index (Phi) is 4.95. The van der Waals surface area contributed by atoms with E-state index >= 15 is 0 Å². The first kappa shape index (κ1) is 16.7. The quantitative estimate of drug-likeness (QED) is 0.427. The van der Waals surface area contributed by atoms with Gasteiger partial charge in [0.25, 0.3) is 11.5 Å². The van der Waals surface area contributed by atoms with Gasteiger partial charge in [-0.3, -0.25) is 14.4 Å². The highest BCUT2D eigenvalue weighted by Gasteiger charge is 2.22. The summed E-state index contributed by atoms with van der Waals surface area (Å²) in [5, 5.41) is 30.9. The molecule has 0 spiro atoms. The molecule has 0 saturated carbocycles. The van der Waals surface area contributed by atoms with Crippen molar-refractivity contribution in [1.29, 1.82) is 5.41 Å². The first-order valence-electron chi connectivity index (χ1n) is 6.75. The smallest absolute Gasteiger partial charge is 0.322 e. The molecule has 2 rings (SSSR count). The number of aromatic amines is 1. The number of anilines is 2. The van der Waals surface area contributed by atoms with Gasteiger partial charge in [-0.2, -0.15) is 0 Å². The summed E-state index contributed by atoms with van der Waals surface area (Å²) in [6.07, 6.45) is 0.768. The van der Waals surface area contributed by atoms with E-state index in [4.69, 9.17) is 10.5 Å². The fourth-order valence-electron chi connectivity index (χ4n) is 1.96. The van der Waals surface area contributed by atoms with Crippen LogP contribution in [0, 0.1) is 5.41 Å². The second-order valence-corrected chi connectivity index (χ2v) is 4.68. The van der Waals surface area contributed by atoms with E-state index in [9.17, 15) is 19.5 Å². The van der Waals surface area contributed by atoms with E-state index in [1.807, 2.05) is 5.32 Å². The van der Waals surface area contributed by atoms with Crippen molar-refractivity contribution < 1.29 is 19.8 Å². The molecule has 0 atom stereocenters. The topological polar surface area (TPSA) is 155 Å². The van der Waals surface area contributed by atoms with Crippen LogP contribution in [0.15, 0.2) is 35.1 Å². The van der Waals surface area contributed by atoms with E-state index < -0.39 is 35.3 Å². The molecular formula is C15H14N4O5. The van der Waals surface area contributed by atoms with Crippen LogP contribution in [-0.4, -0.2) is 39.8 Å². The summed E-state index contributed by atoms with van der Waals surface area (Å²) < 4.78 is 0. The average Bonchev–Trinajstić information content (AvgIpc) is 2.54. The predicted molar refractivity (Wildman–Crippen MR) is 86.3 cm³/mol. The minimum atomic E-state index is -1.30. The van der Waals surface area contributed by atoms with Crippen LogP contribution in [0.3, 0.4) is 0 Å². The highest BCUT2D eigenvalue weighted by Crippen LogP contribution is 2.25. The zero-order valence-electron chi connectivity index (χ0n) is 12.3. The molecule has 0 unspecified atom stereocenters. The molecular weight excluding hydrogens is 316 g/mol. The molecule has 1 amide bonds. The molecule has 9 nitrogen and oxygen atoms in total. The van der Waals surface area contributed by atoms with E-state index in [1.165, 1.54) is 0 Å². The van der Waals surface area contributed by atoms with Crippen molar-refractivity contribution in [2.24, 2.45) is 0 Å². The summed E-state index contributed by atoms with van der Waals surface area (Å²) in [4.78, 5) is 36.8. The van der Waals surface area contributed by atoms with Crippen LogP contribution in [0.25, 0.3) is 0 Å². The molecule has 24 heavy (non-hydrogen) atoms. The van der Waals surface area contributed by atoms with Gasteiger partial charge >= 0.3 is 5.97 Å². The van der Waals surface area contributed by atoms with Gasteiger partial charge in [0.15, 0.2) is 0 Å². The van der Waals surface area contributed by atoms with E-state index in [1.54, 1.807) is 30.3 Å². The third-order valence-corrected chi connectivity index (χ3v) is 3.04. The fraction of sp³-hybridized carbons (Fsp3) is 0.0667. The van der Waals surface area contributed by atoms with Gasteiger partial charge in [0.1, 0.15) is 23.7 Å². The number of aromatic hydroxyl groups is 1. The molecule has 1 aromatic carbocycles. The molecule has 2 aromatic rings. The Morgan fingerprint density at radius 3 is 2.50 bits per heavy atom.